The first-order valence-corrected chi connectivity index (χ1v) is 6.75. The average Bonchev–Trinajstić information content (AvgIpc) is 2.50. The van der Waals surface area contributed by atoms with Crippen LogP contribution in [0.1, 0.15) is 46.0 Å². The molecule has 2 rings (SSSR count). The normalized spacial score (nSPS) is 39.2. The second kappa shape index (κ2) is 5.31. The molecule has 2 heteroatoms. The summed E-state index contributed by atoms with van der Waals surface area (Å²) in [5.41, 5.74) is 0. The number of nitrogens with zero attached hydrogens (tertiary/aromatic N) is 1. The number of hydrogen-bond donors (Lipinski definition) is 1. The van der Waals surface area contributed by atoms with Gasteiger partial charge in [-0.05, 0) is 52.1 Å². The van der Waals surface area contributed by atoms with E-state index in [0.29, 0.717) is 0 Å². The fourth-order valence-corrected chi connectivity index (χ4v) is 3.07. The third kappa shape index (κ3) is 2.94. The maximum absolute atomic E-state index is 3.56. The highest BCUT2D eigenvalue weighted by molar-refractivity contribution is 4.84. The van der Waals surface area contributed by atoms with Crippen molar-refractivity contribution in [3.05, 3.63) is 0 Å². The fourth-order valence-electron chi connectivity index (χ4n) is 3.07. The Morgan fingerprint density at radius 2 is 2.00 bits per heavy atom. The summed E-state index contributed by atoms with van der Waals surface area (Å²) in [6, 6.07) is 1.56. The summed E-state index contributed by atoms with van der Waals surface area (Å²) < 4.78 is 0. The van der Waals surface area contributed by atoms with Gasteiger partial charge in [0.1, 0.15) is 0 Å². The van der Waals surface area contributed by atoms with Crippen molar-refractivity contribution in [2.24, 2.45) is 5.92 Å². The number of likely N-dealkylation sites (tertiary alicyclic amines) is 1. The molecule has 88 valence electrons. The summed E-state index contributed by atoms with van der Waals surface area (Å²) in [5.74, 6) is 0.894. The van der Waals surface area contributed by atoms with Gasteiger partial charge in [-0.25, -0.2) is 0 Å². The van der Waals surface area contributed by atoms with Gasteiger partial charge in [0.05, 0.1) is 0 Å². The summed E-state index contributed by atoms with van der Waals surface area (Å²) in [6.07, 6.45) is 7.09. The van der Waals surface area contributed by atoms with Gasteiger partial charge in [-0.2, -0.15) is 0 Å². The Hall–Kier alpha value is -0.0800. The van der Waals surface area contributed by atoms with E-state index in [2.05, 4.69) is 24.1 Å². The molecule has 2 nitrogen and oxygen atoms in total. The third-order valence-corrected chi connectivity index (χ3v) is 4.35. The van der Waals surface area contributed by atoms with E-state index in [1.165, 1.54) is 51.7 Å². The van der Waals surface area contributed by atoms with Crippen LogP contribution in [0, 0.1) is 5.92 Å². The molecule has 2 fully saturated rings. The zero-order chi connectivity index (χ0) is 10.7. The molecule has 3 atom stereocenters. The lowest BCUT2D eigenvalue weighted by Gasteiger charge is -2.30. The molecule has 3 unspecified atom stereocenters. The average molecular weight is 210 g/mol. The van der Waals surface area contributed by atoms with Crippen molar-refractivity contribution in [1.29, 1.82) is 0 Å². The smallest absolute Gasteiger partial charge is 0.00796 e. The third-order valence-electron chi connectivity index (χ3n) is 4.35. The summed E-state index contributed by atoms with van der Waals surface area (Å²) in [4.78, 5) is 2.74. The van der Waals surface area contributed by atoms with E-state index in [-0.39, 0.29) is 0 Å². The van der Waals surface area contributed by atoms with Gasteiger partial charge in [-0.1, -0.05) is 12.8 Å². The molecule has 0 spiro atoms. The molecule has 0 aromatic heterocycles. The molecular formula is C13H26N2. The Balaban J connectivity index is 1.85. The van der Waals surface area contributed by atoms with Crippen molar-refractivity contribution < 1.29 is 0 Å². The monoisotopic (exact) mass is 210 g/mol. The minimum atomic E-state index is 0.737. The molecule has 0 aromatic carbocycles. The van der Waals surface area contributed by atoms with Gasteiger partial charge < -0.3 is 10.2 Å². The largest absolute Gasteiger partial charge is 0.314 e. The summed E-state index contributed by atoms with van der Waals surface area (Å²) in [7, 11) is 0. The van der Waals surface area contributed by atoms with Gasteiger partial charge in [-0.3, -0.25) is 0 Å². The molecule has 0 radical (unpaired) electrons. The maximum atomic E-state index is 3.56. The lowest BCUT2D eigenvalue weighted by molar-refractivity contribution is 0.176. The molecule has 0 aliphatic carbocycles. The van der Waals surface area contributed by atoms with E-state index in [4.69, 9.17) is 0 Å². The zero-order valence-corrected chi connectivity index (χ0v) is 10.3. The van der Waals surface area contributed by atoms with Crippen molar-refractivity contribution in [1.82, 2.24) is 10.2 Å². The quantitative estimate of drug-likeness (QED) is 0.752. The van der Waals surface area contributed by atoms with Crippen molar-refractivity contribution in [3.63, 3.8) is 0 Å². The van der Waals surface area contributed by atoms with Gasteiger partial charge in [0, 0.05) is 18.6 Å². The molecule has 2 aliphatic heterocycles. The van der Waals surface area contributed by atoms with Crippen LogP contribution in [0.4, 0.5) is 0 Å². The molecule has 0 bridgehead atoms. The highest BCUT2D eigenvalue weighted by Crippen LogP contribution is 2.22. The van der Waals surface area contributed by atoms with Gasteiger partial charge in [0.2, 0.25) is 0 Å². The number of hydrogen-bond acceptors (Lipinski definition) is 2. The Kier molecular flexibility index (Phi) is 4.04. The summed E-state index contributed by atoms with van der Waals surface area (Å²) in [5, 5.41) is 3.56. The molecule has 15 heavy (non-hydrogen) atoms. The highest BCUT2D eigenvalue weighted by Gasteiger charge is 2.27. The van der Waals surface area contributed by atoms with Crippen molar-refractivity contribution in [2.45, 2.75) is 58.0 Å². The minimum Gasteiger partial charge on any atom is -0.314 e. The summed E-state index contributed by atoms with van der Waals surface area (Å²) >= 11 is 0. The van der Waals surface area contributed by atoms with Crippen molar-refractivity contribution >= 4 is 0 Å². The SMILES string of the molecule is CC1NCCC1CN1CCCCCC1C. The molecule has 0 amide bonds. The van der Waals surface area contributed by atoms with E-state index in [1.807, 2.05) is 0 Å². The lowest BCUT2D eigenvalue weighted by atomic mass is 10.0. The van der Waals surface area contributed by atoms with Gasteiger partial charge in [0.15, 0.2) is 0 Å². The van der Waals surface area contributed by atoms with Gasteiger partial charge in [-0.15, -0.1) is 0 Å². The molecule has 2 heterocycles. The van der Waals surface area contributed by atoms with Crippen LogP contribution in [0.5, 0.6) is 0 Å². The van der Waals surface area contributed by atoms with Crippen LogP contribution in [0.2, 0.25) is 0 Å². The Morgan fingerprint density at radius 3 is 2.73 bits per heavy atom. The van der Waals surface area contributed by atoms with E-state index in [1.54, 1.807) is 0 Å². The van der Waals surface area contributed by atoms with Crippen LogP contribution in [-0.2, 0) is 0 Å². The van der Waals surface area contributed by atoms with E-state index in [0.717, 1.165) is 18.0 Å². The first kappa shape index (κ1) is 11.4. The van der Waals surface area contributed by atoms with E-state index < -0.39 is 0 Å². The first-order valence-electron chi connectivity index (χ1n) is 6.75. The van der Waals surface area contributed by atoms with E-state index in [9.17, 15) is 0 Å². The fraction of sp³-hybridized carbons (Fsp3) is 1.00. The zero-order valence-electron chi connectivity index (χ0n) is 10.3. The molecule has 2 saturated heterocycles. The Labute approximate surface area is 94.4 Å². The molecule has 0 aromatic rings. The van der Waals surface area contributed by atoms with Crippen LogP contribution in [0.3, 0.4) is 0 Å². The Bertz CT molecular complexity index is 193. The second-order valence-electron chi connectivity index (χ2n) is 5.48. The molecular weight excluding hydrogens is 184 g/mol. The molecule has 0 saturated carbocycles. The predicted molar refractivity (Wildman–Crippen MR) is 65.1 cm³/mol. The van der Waals surface area contributed by atoms with Crippen LogP contribution in [-0.4, -0.2) is 36.6 Å². The van der Waals surface area contributed by atoms with Gasteiger partial charge in [0.25, 0.3) is 0 Å². The first-order chi connectivity index (χ1) is 7.27. The van der Waals surface area contributed by atoms with Crippen LogP contribution in [0.25, 0.3) is 0 Å². The van der Waals surface area contributed by atoms with Crippen LogP contribution < -0.4 is 5.32 Å². The second-order valence-corrected chi connectivity index (χ2v) is 5.48. The molecule has 1 N–H and O–H groups in total. The van der Waals surface area contributed by atoms with E-state index >= 15 is 0 Å². The maximum Gasteiger partial charge on any atom is 0.00796 e. The minimum absolute atomic E-state index is 0.737. The molecule has 2 aliphatic rings. The predicted octanol–water partition coefficient (Wildman–Crippen LogP) is 2.25. The van der Waals surface area contributed by atoms with Crippen molar-refractivity contribution in [3.8, 4) is 0 Å². The number of nitrogens with one attached hydrogen (secondary N) is 1. The standard InChI is InChI=1S/C13H26N2/c1-11-6-4-3-5-9-15(11)10-13-7-8-14-12(13)2/h11-14H,3-10H2,1-2H3. The Morgan fingerprint density at radius 1 is 1.13 bits per heavy atom. The van der Waals surface area contributed by atoms with Crippen LogP contribution in [0.15, 0.2) is 0 Å². The van der Waals surface area contributed by atoms with Crippen LogP contribution >= 0.6 is 0 Å². The summed E-state index contributed by atoms with van der Waals surface area (Å²) in [6.45, 7) is 8.66. The van der Waals surface area contributed by atoms with Crippen molar-refractivity contribution in [2.75, 3.05) is 19.6 Å². The lowest BCUT2D eigenvalue weighted by Crippen LogP contribution is -2.39. The number of rotatable bonds is 2. The highest BCUT2D eigenvalue weighted by atomic mass is 15.2. The topological polar surface area (TPSA) is 15.3 Å². The van der Waals surface area contributed by atoms with Gasteiger partial charge >= 0.3 is 0 Å².